The summed E-state index contributed by atoms with van der Waals surface area (Å²) in [4.78, 5) is 35.5. The molecule has 152 valence electrons. The third kappa shape index (κ3) is 6.24. The van der Waals surface area contributed by atoms with Gasteiger partial charge in [-0.05, 0) is 36.6 Å². The first-order valence-corrected chi connectivity index (χ1v) is 9.26. The maximum absolute atomic E-state index is 12.1. The Labute approximate surface area is 168 Å². The second-order valence-corrected chi connectivity index (χ2v) is 6.35. The van der Waals surface area contributed by atoms with E-state index >= 15 is 0 Å². The summed E-state index contributed by atoms with van der Waals surface area (Å²) in [5.41, 5.74) is 1.53. The highest BCUT2D eigenvalue weighted by Gasteiger charge is 2.17. The van der Waals surface area contributed by atoms with E-state index in [9.17, 15) is 14.4 Å². The van der Waals surface area contributed by atoms with Crippen molar-refractivity contribution in [3.05, 3.63) is 59.7 Å². The van der Waals surface area contributed by atoms with Crippen molar-refractivity contribution >= 4 is 17.8 Å². The minimum Gasteiger partial charge on any atom is -0.454 e. The van der Waals surface area contributed by atoms with Gasteiger partial charge in [0, 0.05) is 12.1 Å². The fraction of sp³-hybridized carbons (Fsp3) is 0.286. The molecule has 29 heavy (non-hydrogen) atoms. The fourth-order valence-corrected chi connectivity index (χ4v) is 2.71. The predicted octanol–water partition coefficient (Wildman–Crippen LogP) is 1.44. The Hall–Kier alpha value is -3.55. The van der Waals surface area contributed by atoms with E-state index in [1.807, 2.05) is 30.3 Å². The lowest BCUT2D eigenvalue weighted by Crippen LogP contribution is -2.34. The lowest BCUT2D eigenvalue weighted by Gasteiger charge is -2.08. The van der Waals surface area contributed by atoms with Crippen molar-refractivity contribution in [1.82, 2.24) is 10.6 Å². The number of esters is 1. The fourth-order valence-electron chi connectivity index (χ4n) is 2.71. The molecule has 1 aliphatic heterocycles. The summed E-state index contributed by atoms with van der Waals surface area (Å²) in [7, 11) is 0. The molecule has 0 saturated heterocycles. The predicted molar refractivity (Wildman–Crippen MR) is 104 cm³/mol. The van der Waals surface area contributed by atoms with Gasteiger partial charge in [-0.25, -0.2) is 0 Å². The van der Waals surface area contributed by atoms with E-state index in [4.69, 9.17) is 14.2 Å². The van der Waals surface area contributed by atoms with Gasteiger partial charge in [-0.15, -0.1) is 0 Å². The summed E-state index contributed by atoms with van der Waals surface area (Å²) in [5.74, 6) is -0.488. The number of hydrogen-bond acceptors (Lipinski definition) is 6. The van der Waals surface area contributed by atoms with Crippen molar-refractivity contribution in [2.75, 3.05) is 26.5 Å². The number of nitrogens with one attached hydrogen (secondary N) is 2. The number of amides is 2. The molecule has 8 heteroatoms. The van der Waals surface area contributed by atoms with E-state index in [-0.39, 0.29) is 25.9 Å². The minimum atomic E-state index is -0.696. The van der Waals surface area contributed by atoms with Crippen LogP contribution in [0.2, 0.25) is 0 Å². The molecule has 3 rings (SSSR count). The maximum Gasteiger partial charge on any atom is 0.325 e. The molecule has 0 bridgehead atoms. The molecule has 2 aromatic rings. The first-order chi connectivity index (χ1) is 14.1. The average Bonchev–Trinajstić information content (AvgIpc) is 3.22. The van der Waals surface area contributed by atoms with Gasteiger partial charge >= 0.3 is 5.97 Å². The van der Waals surface area contributed by atoms with Crippen LogP contribution in [0.1, 0.15) is 22.3 Å². The summed E-state index contributed by atoms with van der Waals surface area (Å²) in [5, 5.41) is 5.14. The van der Waals surface area contributed by atoms with Gasteiger partial charge in [-0.1, -0.05) is 30.3 Å². The molecule has 2 amide bonds. The Bertz CT molecular complexity index is 869. The Morgan fingerprint density at radius 2 is 1.76 bits per heavy atom. The number of aryl methyl sites for hydroxylation is 1. The van der Waals surface area contributed by atoms with E-state index in [1.165, 1.54) is 11.6 Å². The molecule has 0 saturated carbocycles. The van der Waals surface area contributed by atoms with Crippen LogP contribution in [0.3, 0.4) is 0 Å². The van der Waals surface area contributed by atoms with Crippen molar-refractivity contribution in [1.29, 1.82) is 0 Å². The highest BCUT2D eigenvalue weighted by molar-refractivity contribution is 5.96. The van der Waals surface area contributed by atoms with Crippen molar-refractivity contribution < 1.29 is 28.6 Å². The van der Waals surface area contributed by atoms with Gasteiger partial charge in [0.15, 0.2) is 18.1 Å². The van der Waals surface area contributed by atoms with E-state index in [0.717, 1.165) is 12.8 Å². The molecule has 0 radical (unpaired) electrons. The molecule has 0 fully saturated rings. The Morgan fingerprint density at radius 1 is 0.966 bits per heavy atom. The Balaban J connectivity index is 1.29. The molecule has 0 aliphatic carbocycles. The highest BCUT2D eigenvalue weighted by Crippen LogP contribution is 2.32. The smallest absolute Gasteiger partial charge is 0.325 e. The molecule has 0 aromatic heterocycles. The zero-order valence-corrected chi connectivity index (χ0v) is 15.8. The number of rotatable bonds is 9. The van der Waals surface area contributed by atoms with Gasteiger partial charge < -0.3 is 24.8 Å². The van der Waals surface area contributed by atoms with Crippen LogP contribution in [0.5, 0.6) is 11.5 Å². The van der Waals surface area contributed by atoms with Crippen LogP contribution in [0.25, 0.3) is 0 Å². The Kier molecular flexibility index (Phi) is 7.05. The van der Waals surface area contributed by atoms with E-state index < -0.39 is 11.9 Å². The number of ether oxygens (including phenoxy) is 3. The third-order valence-corrected chi connectivity index (χ3v) is 4.20. The Morgan fingerprint density at radius 3 is 2.59 bits per heavy atom. The summed E-state index contributed by atoms with van der Waals surface area (Å²) < 4.78 is 15.3. The van der Waals surface area contributed by atoms with Crippen LogP contribution < -0.4 is 20.1 Å². The monoisotopic (exact) mass is 398 g/mol. The topological polar surface area (TPSA) is 103 Å². The lowest BCUT2D eigenvalue weighted by molar-refractivity contribution is -0.147. The normalized spacial score (nSPS) is 11.6. The molecule has 2 N–H and O–H groups in total. The number of benzene rings is 2. The molecular formula is C21H22N2O6. The van der Waals surface area contributed by atoms with Gasteiger partial charge in [0.25, 0.3) is 11.8 Å². The van der Waals surface area contributed by atoms with Crippen LogP contribution >= 0.6 is 0 Å². The van der Waals surface area contributed by atoms with Gasteiger partial charge in [-0.3, -0.25) is 14.4 Å². The second kappa shape index (κ2) is 10.1. The summed E-state index contributed by atoms with van der Waals surface area (Å²) in [6.45, 7) is -0.119. The number of hydrogen-bond donors (Lipinski definition) is 2. The van der Waals surface area contributed by atoms with Gasteiger partial charge in [0.1, 0.15) is 6.54 Å². The molecule has 0 atom stereocenters. The maximum atomic E-state index is 12.1. The second-order valence-electron chi connectivity index (χ2n) is 6.35. The van der Waals surface area contributed by atoms with Crippen LogP contribution in [-0.2, 0) is 20.7 Å². The van der Waals surface area contributed by atoms with Crippen molar-refractivity contribution in [3.8, 4) is 11.5 Å². The van der Waals surface area contributed by atoms with Crippen LogP contribution in [0.15, 0.2) is 48.5 Å². The number of fused-ring (bicyclic) bond motifs is 1. The van der Waals surface area contributed by atoms with E-state index in [0.29, 0.717) is 23.6 Å². The molecule has 1 heterocycles. The molecular weight excluding hydrogens is 376 g/mol. The first-order valence-electron chi connectivity index (χ1n) is 9.26. The zero-order valence-electron chi connectivity index (χ0n) is 15.8. The van der Waals surface area contributed by atoms with Crippen LogP contribution in [0.4, 0.5) is 0 Å². The van der Waals surface area contributed by atoms with E-state index in [1.54, 1.807) is 12.1 Å². The minimum absolute atomic E-state index is 0.112. The average molecular weight is 398 g/mol. The van der Waals surface area contributed by atoms with E-state index in [2.05, 4.69) is 10.6 Å². The quantitative estimate of drug-likeness (QED) is 0.489. The highest BCUT2D eigenvalue weighted by atomic mass is 16.7. The van der Waals surface area contributed by atoms with Crippen molar-refractivity contribution in [3.63, 3.8) is 0 Å². The SMILES string of the molecule is O=C(COC(=O)CNC(=O)c1ccc2c(c1)OCO2)NCCCc1ccccc1. The molecule has 1 aliphatic rings. The number of carbonyl (C=O) groups excluding carboxylic acids is 3. The lowest BCUT2D eigenvalue weighted by atomic mass is 10.1. The molecule has 0 unspecified atom stereocenters. The summed E-state index contributed by atoms with van der Waals surface area (Å²) in [6.07, 6.45) is 1.64. The molecule has 8 nitrogen and oxygen atoms in total. The zero-order chi connectivity index (χ0) is 20.5. The van der Waals surface area contributed by atoms with Gasteiger partial charge in [0.05, 0.1) is 0 Å². The van der Waals surface area contributed by atoms with Crippen LogP contribution in [-0.4, -0.2) is 44.3 Å². The third-order valence-electron chi connectivity index (χ3n) is 4.20. The van der Waals surface area contributed by atoms with Crippen LogP contribution in [0, 0.1) is 0 Å². The molecule has 2 aromatic carbocycles. The van der Waals surface area contributed by atoms with Gasteiger partial charge in [0.2, 0.25) is 6.79 Å². The van der Waals surface area contributed by atoms with Gasteiger partial charge in [-0.2, -0.15) is 0 Å². The van der Waals surface area contributed by atoms with Crippen molar-refractivity contribution in [2.45, 2.75) is 12.8 Å². The summed E-state index contributed by atoms with van der Waals surface area (Å²) in [6, 6.07) is 14.7. The molecule has 0 spiro atoms. The van der Waals surface area contributed by atoms with Crippen molar-refractivity contribution in [2.24, 2.45) is 0 Å². The standard InChI is InChI=1S/C21H22N2O6/c24-19(22-10-4-7-15-5-2-1-3-6-15)13-27-20(25)12-23-21(26)16-8-9-17-18(11-16)29-14-28-17/h1-3,5-6,8-9,11H,4,7,10,12-14H2,(H,22,24)(H,23,26). The first kappa shape index (κ1) is 20.2. The largest absolute Gasteiger partial charge is 0.454 e. The summed E-state index contributed by atoms with van der Waals surface area (Å²) >= 11 is 0. The number of carbonyl (C=O) groups is 3.